The van der Waals surface area contributed by atoms with Gasteiger partial charge in [0.05, 0.1) is 25.2 Å². The molecule has 5 heteroatoms. The lowest BCUT2D eigenvalue weighted by molar-refractivity contribution is -0.162. The number of methoxy groups -OCH3 is 1. The first-order valence-electron chi connectivity index (χ1n) is 9.57. The number of Topliss-reactive ketones (excluding diaryl/α,β-unsaturated/α-hetero) is 1. The highest BCUT2D eigenvalue weighted by Crippen LogP contribution is 2.49. The van der Waals surface area contributed by atoms with Crippen LogP contribution in [0.1, 0.15) is 48.9 Å². The molecule has 2 aliphatic rings. The van der Waals surface area contributed by atoms with Crippen LogP contribution in [-0.4, -0.2) is 36.9 Å². The van der Waals surface area contributed by atoms with Crippen molar-refractivity contribution in [2.24, 2.45) is 11.8 Å². The Morgan fingerprint density at radius 1 is 1.11 bits per heavy atom. The Morgan fingerprint density at radius 3 is 2.22 bits per heavy atom. The van der Waals surface area contributed by atoms with Gasteiger partial charge in [0.15, 0.2) is 5.79 Å². The quantitative estimate of drug-likeness (QED) is 0.756. The molecule has 0 N–H and O–H groups in total. The van der Waals surface area contributed by atoms with Gasteiger partial charge in [-0.15, -0.1) is 0 Å². The maximum absolute atomic E-state index is 13.2. The molecule has 0 bridgehead atoms. The van der Waals surface area contributed by atoms with E-state index >= 15 is 0 Å². The molecular formula is C22H30O5. The first-order valence-corrected chi connectivity index (χ1v) is 9.57. The molecule has 27 heavy (non-hydrogen) atoms. The van der Waals surface area contributed by atoms with Crippen molar-refractivity contribution in [2.45, 2.75) is 65.3 Å². The third-order valence-corrected chi connectivity index (χ3v) is 5.92. The number of hydrogen-bond donors (Lipinski definition) is 0. The van der Waals surface area contributed by atoms with Crippen LogP contribution in [0.2, 0.25) is 0 Å². The summed E-state index contributed by atoms with van der Waals surface area (Å²) in [6, 6.07) is 4.19. The van der Waals surface area contributed by atoms with Gasteiger partial charge in [0.2, 0.25) is 0 Å². The third-order valence-electron chi connectivity index (χ3n) is 5.92. The Morgan fingerprint density at radius 2 is 1.70 bits per heavy atom. The Hall–Kier alpha value is -1.72. The summed E-state index contributed by atoms with van der Waals surface area (Å²) in [6.07, 6.45) is 1.29. The van der Waals surface area contributed by atoms with Gasteiger partial charge in [0.25, 0.3) is 0 Å². The van der Waals surface area contributed by atoms with Gasteiger partial charge >= 0.3 is 5.97 Å². The van der Waals surface area contributed by atoms with Gasteiger partial charge in [-0.3, -0.25) is 9.59 Å². The van der Waals surface area contributed by atoms with Gasteiger partial charge in [0, 0.05) is 12.3 Å². The second-order valence-corrected chi connectivity index (χ2v) is 8.64. The summed E-state index contributed by atoms with van der Waals surface area (Å²) in [5.74, 6) is -1.84. The Kier molecular flexibility index (Phi) is 5.21. The van der Waals surface area contributed by atoms with Crippen molar-refractivity contribution in [1.82, 2.24) is 0 Å². The molecule has 3 atom stereocenters. The van der Waals surface area contributed by atoms with Crippen LogP contribution in [0.3, 0.4) is 0 Å². The van der Waals surface area contributed by atoms with Crippen LogP contribution in [0, 0.1) is 32.6 Å². The number of ether oxygens (including phenoxy) is 3. The van der Waals surface area contributed by atoms with Crippen molar-refractivity contribution in [3.63, 3.8) is 0 Å². The first-order chi connectivity index (χ1) is 12.6. The van der Waals surface area contributed by atoms with E-state index in [1.807, 2.05) is 27.7 Å². The summed E-state index contributed by atoms with van der Waals surface area (Å²) in [5.41, 5.74) is 3.89. The van der Waals surface area contributed by atoms with Gasteiger partial charge in [-0.05, 0) is 64.2 Å². The Bertz CT molecular complexity index is 743. The summed E-state index contributed by atoms with van der Waals surface area (Å²) in [6.45, 7) is 10.3. The zero-order chi connectivity index (χ0) is 20.0. The number of rotatable bonds is 4. The van der Waals surface area contributed by atoms with Crippen LogP contribution < -0.4 is 0 Å². The normalized spacial score (nSPS) is 29.3. The summed E-state index contributed by atoms with van der Waals surface area (Å²) in [4.78, 5) is 25.6. The fourth-order valence-corrected chi connectivity index (χ4v) is 4.79. The summed E-state index contributed by atoms with van der Waals surface area (Å²) in [7, 11) is 1.37. The zero-order valence-electron chi connectivity index (χ0n) is 17.2. The van der Waals surface area contributed by atoms with Crippen LogP contribution in [0.15, 0.2) is 12.1 Å². The van der Waals surface area contributed by atoms with Crippen LogP contribution in [-0.2, 0) is 30.2 Å². The standard InChI is InChI=1S/C22H30O5/c1-13-7-14(2)16(15(3)8-13)9-19(23)17-10-22(11-18(17)20(24)25-6)12-26-21(4,5)27-22/h7-8,17-18H,9-12H2,1-6H3. The van der Waals surface area contributed by atoms with Crippen LogP contribution >= 0.6 is 0 Å². The van der Waals surface area contributed by atoms with Crippen molar-refractivity contribution < 1.29 is 23.8 Å². The van der Waals surface area contributed by atoms with Crippen molar-refractivity contribution >= 4 is 11.8 Å². The smallest absolute Gasteiger partial charge is 0.309 e. The molecule has 5 nitrogen and oxygen atoms in total. The number of esters is 1. The van der Waals surface area contributed by atoms with Gasteiger partial charge in [0.1, 0.15) is 5.78 Å². The highest BCUT2D eigenvalue weighted by Gasteiger charge is 2.57. The fourth-order valence-electron chi connectivity index (χ4n) is 4.79. The topological polar surface area (TPSA) is 61.8 Å². The number of ketones is 1. The Balaban J connectivity index is 1.85. The number of benzene rings is 1. The lowest BCUT2D eigenvalue weighted by atomic mass is 9.86. The SMILES string of the molecule is COC(=O)C1CC2(COC(C)(C)O2)CC1C(=O)Cc1c(C)cc(C)cc1C. The molecule has 148 valence electrons. The van der Waals surface area contributed by atoms with Gasteiger partial charge in [-0.2, -0.15) is 0 Å². The van der Waals surface area contributed by atoms with Gasteiger partial charge in [-0.25, -0.2) is 0 Å². The monoisotopic (exact) mass is 374 g/mol. The van der Waals surface area contributed by atoms with E-state index in [0.29, 0.717) is 25.9 Å². The minimum absolute atomic E-state index is 0.0747. The number of aryl methyl sites for hydroxylation is 3. The molecule has 1 aliphatic carbocycles. The van der Waals surface area contributed by atoms with E-state index in [2.05, 4.69) is 19.1 Å². The average Bonchev–Trinajstić information content (AvgIpc) is 3.09. The highest BCUT2D eigenvalue weighted by molar-refractivity contribution is 5.89. The molecule has 1 aromatic carbocycles. The minimum Gasteiger partial charge on any atom is -0.469 e. The van der Waals surface area contributed by atoms with E-state index in [1.165, 1.54) is 12.7 Å². The molecule has 1 aliphatic heterocycles. The second-order valence-electron chi connectivity index (χ2n) is 8.64. The summed E-state index contributed by atoms with van der Waals surface area (Å²) in [5, 5.41) is 0. The zero-order valence-corrected chi connectivity index (χ0v) is 17.2. The number of hydrogen-bond acceptors (Lipinski definition) is 5. The molecule has 3 rings (SSSR count). The largest absolute Gasteiger partial charge is 0.469 e. The van der Waals surface area contributed by atoms with E-state index in [1.54, 1.807) is 0 Å². The number of carbonyl (C=O) groups is 2. The van der Waals surface area contributed by atoms with Crippen molar-refractivity contribution in [3.05, 3.63) is 34.4 Å². The van der Waals surface area contributed by atoms with Crippen LogP contribution in [0.4, 0.5) is 0 Å². The average molecular weight is 374 g/mol. The first kappa shape index (κ1) is 20.0. The molecule has 2 fully saturated rings. The summed E-state index contributed by atoms with van der Waals surface area (Å²) < 4.78 is 16.9. The van der Waals surface area contributed by atoms with Crippen molar-refractivity contribution in [2.75, 3.05) is 13.7 Å². The maximum Gasteiger partial charge on any atom is 0.309 e. The van der Waals surface area contributed by atoms with Gasteiger partial charge in [-0.1, -0.05) is 17.7 Å². The lowest BCUT2D eigenvalue weighted by Gasteiger charge is -2.24. The third kappa shape index (κ3) is 3.94. The minimum atomic E-state index is -0.692. The molecular weight excluding hydrogens is 344 g/mol. The molecule has 0 radical (unpaired) electrons. The highest BCUT2D eigenvalue weighted by atomic mass is 16.8. The second kappa shape index (κ2) is 7.02. The predicted molar refractivity (Wildman–Crippen MR) is 101 cm³/mol. The van der Waals surface area contributed by atoms with Gasteiger partial charge < -0.3 is 14.2 Å². The lowest BCUT2D eigenvalue weighted by Crippen LogP contribution is -2.32. The summed E-state index contributed by atoms with van der Waals surface area (Å²) >= 11 is 0. The maximum atomic E-state index is 13.2. The molecule has 1 spiro atoms. The molecule has 0 amide bonds. The van der Waals surface area contributed by atoms with E-state index in [-0.39, 0.29) is 11.8 Å². The van der Waals surface area contributed by atoms with E-state index in [9.17, 15) is 9.59 Å². The molecule has 1 saturated heterocycles. The molecule has 3 unspecified atom stereocenters. The van der Waals surface area contributed by atoms with E-state index in [4.69, 9.17) is 14.2 Å². The Labute approximate surface area is 161 Å². The van der Waals surface area contributed by atoms with Crippen LogP contribution in [0.25, 0.3) is 0 Å². The molecule has 1 heterocycles. The van der Waals surface area contributed by atoms with Crippen molar-refractivity contribution in [3.8, 4) is 0 Å². The molecule has 0 aromatic heterocycles. The molecule has 1 aromatic rings. The number of carbonyl (C=O) groups excluding carboxylic acids is 2. The van der Waals surface area contributed by atoms with Crippen molar-refractivity contribution in [1.29, 1.82) is 0 Å². The molecule has 1 saturated carbocycles. The fraction of sp³-hybridized carbons (Fsp3) is 0.636. The van der Waals surface area contributed by atoms with E-state index in [0.717, 1.165) is 16.7 Å². The van der Waals surface area contributed by atoms with Crippen LogP contribution in [0.5, 0.6) is 0 Å². The van der Waals surface area contributed by atoms with E-state index < -0.39 is 23.2 Å². The predicted octanol–water partition coefficient (Wildman–Crippen LogP) is 3.44.